The molecule has 0 aliphatic heterocycles. The Kier molecular flexibility index (Phi) is 6.10. The predicted molar refractivity (Wildman–Crippen MR) is 98.6 cm³/mol. The zero-order valence-corrected chi connectivity index (χ0v) is 14.8. The molecule has 2 aromatic rings. The molecule has 0 spiro atoms. The maximum atomic E-state index is 11.7. The smallest absolute Gasteiger partial charge is 0.305 e. The van der Waals surface area contributed by atoms with E-state index in [1.165, 1.54) is 12.0 Å². The highest BCUT2D eigenvalue weighted by Crippen LogP contribution is 2.36. The fourth-order valence-electron chi connectivity index (χ4n) is 3.45. The van der Waals surface area contributed by atoms with E-state index < -0.39 is 0 Å². The van der Waals surface area contributed by atoms with E-state index in [4.69, 9.17) is 9.47 Å². The van der Waals surface area contributed by atoms with Gasteiger partial charge < -0.3 is 9.47 Å². The van der Waals surface area contributed by atoms with Gasteiger partial charge in [-0.1, -0.05) is 55.8 Å². The number of carbonyl (C=O) groups excluding carboxylic acids is 1. The second kappa shape index (κ2) is 8.70. The van der Waals surface area contributed by atoms with Gasteiger partial charge in [-0.25, -0.2) is 0 Å². The lowest BCUT2D eigenvalue weighted by molar-refractivity contribution is -0.151. The maximum Gasteiger partial charge on any atom is 0.305 e. The van der Waals surface area contributed by atoms with Gasteiger partial charge in [0.25, 0.3) is 0 Å². The van der Waals surface area contributed by atoms with Crippen molar-refractivity contribution >= 4 is 5.97 Å². The summed E-state index contributed by atoms with van der Waals surface area (Å²) >= 11 is 0. The lowest BCUT2D eigenvalue weighted by atomic mass is 9.81. The molecule has 132 valence electrons. The van der Waals surface area contributed by atoms with Crippen LogP contribution in [0.15, 0.2) is 54.6 Å². The standard InChI is InChI=1S/C22H26O3/c1-2-22(23)25-21-14-7-6-13-20(21)18-11-8-12-19(15-18)24-16-17-9-4-3-5-10-17/h3-5,8-12,15,20-21H,2,6-7,13-14,16H2,1H3/t20-,21+/m0/s1. The minimum absolute atomic E-state index is 0.00873. The highest BCUT2D eigenvalue weighted by atomic mass is 16.5. The third-order valence-corrected chi connectivity index (χ3v) is 4.81. The van der Waals surface area contributed by atoms with Crippen molar-refractivity contribution in [3.8, 4) is 5.75 Å². The highest BCUT2D eigenvalue weighted by Gasteiger charge is 2.29. The molecule has 1 fully saturated rings. The van der Waals surface area contributed by atoms with E-state index in [0.29, 0.717) is 13.0 Å². The number of ether oxygens (including phenoxy) is 2. The highest BCUT2D eigenvalue weighted by molar-refractivity contribution is 5.69. The van der Waals surface area contributed by atoms with Gasteiger partial charge in [0.15, 0.2) is 0 Å². The molecule has 3 nitrogen and oxygen atoms in total. The Hall–Kier alpha value is -2.29. The summed E-state index contributed by atoms with van der Waals surface area (Å²) in [5.41, 5.74) is 2.36. The summed E-state index contributed by atoms with van der Waals surface area (Å²) in [6.45, 7) is 2.40. The van der Waals surface area contributed by atoms with Gasteiger partial charge in [-0.2, -0.15) is 0 Å². The normalized spacial score (nSPS) is 20.0. The maximum absolute atomic E-state index is 11.7. The first-order chi connectivity index (χ1) is 12.3. The summed E-state index contributed by atoms with van der Waals surface area (Å²) in [6, 6.07) is 18.4. The Morgan fingerprint density at radius 1 is 1.04 bits per heavy atom. The number of esters is 1. The molecule has 0 unspecified atom stereocenters. The first-order valence-corrected chi connectivity index (χ1v) is 9.22. The van der Waals surface area contributed by atoms with Gasteiger partial charge in [-0.3, -0.25) is 4.79 Å². The number of benzene rings is 2. The molecule has 2 aromatic carbocycles. The van der Waals surface area contributed by atoms with Crippen molar-refractivity contribution in [1.29, 1.82) is 0 Å². The van der Waals surface area contributed by atoms with Gasteiger partial charge in [0.05, 0.1) is 0 Å². The minimum atomic E-state index is -0.103. The molecule has 0 radical (unpaired) electrons. The van der Waals surface area contributed by atoms with E-state index in [9.17, 15) is 4.79 Å². The Bertz CT molecular complexity index is 681. The Balaban J connectivity index is 1.69. The molecule has 2 atom stereocenters. The van der Waals surface area contributed by atoms with Crippen molar-refractivity contribution in [3.05, 3.63) is 65.7 Å². The second-order valence-corrected chi connectivity index (χ2v) is 6.62. The molecule has 1 aliphatic carbocycles. The number of carbonyl (C=O) groups is 1. The van der Waals surface area contributed by atoms with E-state index in [2.05, 4.69) is 24.3 Å². The fraction of sp³-hybridized carbons (Fsp3) is 0.409. The van der Waals surface area contributed by atoms with Crippen LogP contribution in [0, 0.1) is 0 Å². The monoisotopic (exact) mass is 338 g/mol. The summed E-state index contributed by atoms with van der Waals surface area (Å²) in [6.07, 6.45) is 4.74. The lowest BCUT2D eigenvalue weighted by Gasteiger charge is -2.31. The van der Waals surface area contributed by atoms with E-state index >= 15 is 0 Å². The van der Waals surface area contributed by atoms with Crippen molar-refractivity contribution in [2.75, 3.05) is 0 Å². The van der Waals surface area contributed by atoms with Crippen LogP contribution in [0.5, 0.6) is 5.75 Å². The SMILES string of the molecule is CCC(=O)O[C@@H]1CCCC[C@H]1c1cccc(OCc2ccccc2)c1. The first kappa shape index (κ1) is 17.5. The third kappa shape index (κ3) is 4.85. The molecule has 3 rings (SSSR count). The zero-order chi connectivity index (χ0) is 17.5. The molecular weight excluding hydrogens is 312 g/mol. The van der Waals surface area contributed by atoms with Crippen molar-refractivity contribution in [1.82, 2.24) is 0 Å². The van der Waals surface area contributed by atoms with Gasteiger partial charge in [0.2, 0.25) is 0 Å². The van der Waals surface area contributed by atoms with E-state index in [1.807, 2.05) is 37.3 Å². The van der Waals surface area contributed by atoms with Gasteiger partial charge in [-0.05, 0) is 42.5 Å². The van der Waals surface area contributed by atoms with Crippen LogP contribution in [-0.2, 0) is 16.1 Å². The van der Waals surface area contributed by atoms with Crippen molar-refractivity contribution in [2.45, 2.75) is 57.7 Å². The first-order valence-electron chi connectivity index (χ1n) is 9.22. The quantitative estimate of drug-likeness (QED) is 0.675. The van der Waals surface area contributed by atoms with Crippen LogP contribution in [0.4, 0.5) is 0 Å². The average Bonchev–Trinajstić information content (AvgIpc) is 2.68. The second-order valence-electron chi connectivity index (χ2n) is 6.62. The molecule has 1 saturated carbocycles. The van der Waals surface area contributed by atoms with E-state index in [-0.39, 0.29) is 18.0 Å². The number of rotatable bonds is 6. The van der Waals surface area contributed by atoms with Crippen LogP contribution in [-0.4, -0.2) is 12.1 Å². The summed E-state index contributed by atoms with van der Waals surface area (Å²) in [4.78, 5) is 11.7. The summed E-state index contributed by atoms with van der Waals surface area (Å²) in [5.74, 6) is 1.03. The predicted octanol–water partition coefficient (Wildman–Crippen LogP) is 5.25. The molecule has 0 saturated heterocycles. The van der Waals surface area contributed by atoms with Crippen LogP contribution < -0.4 is 4.74 Å². The molecular formula is C22H26O3. The van der Waals surface area contributed by atoms with Crippen molar-refractivity contribution in [3.63, 3.8) is 0 Å². The van der Waals surface area contributed by atoms with Crippen molar-refractivity contribution in [2.24, 2.45) is 0 Å². The fourth-order valence-corrected chi connectivity index (χ4v) is 3.45. The zero-order valence-electron chi connectivity index (χ0n) is 14.8. The topological polar surface area (TPSA) is 35.5 Å². The number of hydrogen-bond donors (Lipinski definition) is 0. The molecule has 0 heterocycles. The van der Waals surface area contributed by atoms with Gasteiger partial charge in [-0.15, -0.1) is 0 Å². The molecule has 0 N–H and O–H groups in total. The van der Waals surface area contributed by atoms with E-state index in [0.717, 1.165) is 30.6 Å². The van der Waals surface area contributed by atoms with Gasteiger partial charge in [0, 0.05) is 12.3 Å². The summed E-state index contributed by atoms with van der Waals surface area (Å²) < 4.78 is 11.7. The molecule has 25 heavy (non-hydrogen) atoms. The number of hydrogen-bond acceptors (Lipinski definition) is 3. The third-order valence-electron chi connectivity index (χ3n) is 4.81. The van der Waals surface area contributed by atoms with Crippen LogP contribution in [0.25, 0.3) is 0 Å². The van der Waals surface area contributed by atoms with Crippen LogP contribution in [0.3, 0.4) is 0 Å². The Labute approximate surface area is 150 Å². The van der Waals surface area contributed by atoms with Crippen LogP contribution >= 0.6 is 0 Å². The van der Waals surface area contributed by atoms with E-state index in [1.54, 1.807) is 0 Å². The molecule has 0 aromatic heterocycles. The summed E-state index contributed by atoms with van der Waals surface area (Å²) in [7, 11) is 0. The Morgan fingerprint density at radius 2 is 1.84 bits per heavy atom. The molecule has 3 heteroatoms. The van der Waals surface area contributed by atoms with Gasteiger partial charge >= 0.3 is 5.97 Å². The molecule has 0 amide bonds. The lowest BCUT2D eigenvalue weighted by Crippen LogP contribution is -2.28. The molecule has 1 aliphatic rings. The van der Waals surface area contributed by atoms with Crippen molar-refractivity contribution < 1.29 is 14.3 Å². The average molecular weight is 338 g/mol. The molecule has 0 bridgehead atoms. The van der Waals surface area contributed by atoms with Gasteiger partial charge in [0.1, 0.15) is 18.5 Å². The minimum Gasteiger partial charge on any atom is -0.489 e. The summed E-state index contributed by atoms with van der Waals surface area (Å²) in [5, 5.41) is 0. The largest absolute Gasteiger partial charge is 0.489 e. The van der Waals surface area contributed by atoms with Crippen LogP contribution in [0.1, 0.15) is 56.1 Å². The Morgan fingerprint density at radius 3 is 2.64 bits per heavy atom. The van der Waals surface area contributed by atoms with Crippen LogP contribution in [0.2, 0.25) is 0 Å².